The Morgan fingerprint density at radius 1 is 1.59 bits per heavy atom. The maximum Gasteiger partial charge on any atom is 0.267 e. The number of rotatable bonds is 2. The first kappa shape index (κ1) is 14.8. The predicted molar refractivity (Wildman–Crippen MR) is 78.7 cm³/mol. The van der Waals surface area contributed by atoms with E-state index in [4.69, 9.17) is 0 Å². The summed E-state index contributed by atoms with van der Waals surface area (Å²) in [6.07, 6.45) is 2.95. The third-order valence-corrected chi connectivity index (χ3v) is 3.66. The number of aromatic nitrogens is 1. The van der Waals surface area contributed by atoms with Crippen LogP contribution in [0.25, 0.3) is 0 Å². The normalized spacial score (nSPS) is 23.9. The third kappa shape index (κ3) is 3.86. The van der Waals surface area contributed by atoms with Crippen LogP contribution in [-0.4, -0.2) is 30.0 Å². The smallest absolute Gasteiger partial charge is 0.267 e. The Morgan fingerprint density at radius 3 is 2.94 bits per heavy atom. The summed E-state index contributed by atoms with van der Waals surface area (Å²) in [6, 6.07) is 2.10. The molecular formula is C11H17ClIN3O. The Balaban J connectivity index is 0.00000144. The van der Waals surface area contributed by atoms with Gasteiger partial charge in [-0.2, -0.15) is 0 Å². The number of H-pyrrole nitrogens is 1. The summed E-state index contributed by atoms with van der Waals surface area (Å²) in [5.74, 6) is 0.530. The summed E-state index contributed by atoms with van der Waals surface area (Å²) >= 11 is 2.19. The SMILES string of the molecule is CC1CCNCC1NC(=O)c1cc(I)c[nH]1.Cl. The van der Waals surface area contributed by atoms with Crippen LogP contribution < -0.4 is 10.6 Å². The zero-order valence-corrected chi connectivity index (χ0v) is 12.6. The van der Waals surface area contributed by atoms with E-state index in [1.165, 1.54) is 0 Å². The number of amides is 1. The number of nitrogens with one attached hydrogen (secondary N) is 3. The van der Waals surface area contributed by atoms with Gasteiger partial charge in [0, 0.05) is 22.4 Å². The summed E-state index contributed by atoms with van der Waals surface area (Å²) < 4.78 is 1.05. The second-order valence-corrected chi connectivity index (χ2v) is 5.53. The van der Waals surface area contributed by atoms with Crippen molar-refractivity contribution >= 4 is 40.9 Å². The Kier molecular flexibility index (Phi) is 5.75. The molecule has 1 amide bonds. The second kappa shape index (κ2) is 6.61. The van der Waals surface area contributed by atoms with E-state index in [2.05, 4.69) is 45.1 Å². The first-order chi connectivity index (χ1) is 7.66. The minimum Gasteiger partial charge on any atom is -0.356 e. The van der Waals surface area contributed by atoms with Gasteiger partial charge in [-0.1, -0.05) is 6.92 Å². The highest BCUT2D eigenvalue weighted by Crippen LogP contribution is 2.12. The molecule has 1 aliphatic rings. The average molecular weight is 370 g/mol. The molecule has 2 heterocycles. The first-order valence-electron chi connectivity index (χ1n) is 5.52. The van der Waals surface area contributed by atoms with Gasteiger partial charge in [0.1, 0.15) is 5.69 Å². The number of piperidine rings is 1. The molecule has 0 saturated carbocycles. The lowest BCUT2D eigenvalue weighted by atomic mass is 9.95. The molecule has 2 atom stereocenters. The fourth-order valence-electron chi connectivity index (χ4n) is 1.93. The van der Waals surface area contributed by atoms with Crippen molar-refractivity contribution in [1.82, 2.24) is 15.6 Å². The van der Waals surface area contributed by atoms with Crippen molar-refractivity contribution in [2.45, 2.75) is 19.4 Å². The van der Waals surface area contributed by atoms with Crippen molar-refractivity contribution < 1.29 is 4.79 Å². The van der Waals surface area contributed by atoms with Gasteiger partial charge in [0.2, 0.25) is 0 Å². The lowest BCUT2D eigenvalue weighted by Gasteiger charge is -2.30. The van der Waals surface area contributed by atoms with Crippen molar-refractivity contribution in [3.63, 3.8) is 0 Å². The summed E-state index contributed by atoms with van der Waals surface area (Å²) in [5.41, 5.74) is 0.641. The number of carbonyl (C=O) groups is 1. The van der Waals surface area contributed by atoms with Crippen LogP contribution in [0, 0.1) is 9.49 Å². The van der Waals surface area contributed by atoms with Crippen molar-refractivity contribution in [2.24, 2.45) is 5.92 Å². The number of hydrogen-bond acceptors (Lipinski definition) is 2. The third-order valence-electron chi connectivity index (χ3n) is 3.04. The minimum absolute atomic E-state index is 0. The molecule has 0 aliphatic carbocycles. The fraction of sp³-hybridized carbons (Fsp3) is 0.545. The molecule has 0 aromatic carbocycles. The summed E-state index contributed by atoms with van der Waals surface area (Å²) in [7, 11) is 0. The molecule has 1 fully saturated rings. The number of aromatic amines is 1. The van der Waals surface area contributed by atoms with Crippen molar-refractivity contribution in [2.75, 3.05) is 13.1 Å². The van der Waals surface area contributed by atoms with Gasteiger partial charge >= 0.3 is 0 Å². The van der Waals surface area contributed by atoms with Crippen LogP contribution in [-0.2, 0) is 0 Å². The van der Waals surface area contributed by atoms with E-state index < -0.39 is 0 Å². The van der Waals surface area contributed by atoms with E-state index in [0.717, 1.165) is 23.1 Å². The van der Waals surface area contributed by atoms with Gasteiger partial charge in [0.15, 0.2) is 0 Å². The maximum atomic E-state index is 11.9. The van der Waals surface area contributed by atoms with Crippen LogP contribution in [0.4, 0.5) is 0 Å². The molecule has 0 bridgehead atoms. The molecule has 2 rings (SSSR count). The van der Waals surface area contributed by atoms with Gasteiger partial charge < -0.3 is 15.6 Å². The molecular weight excluding hydrogens is 352 g/mol. The largest absolute Gasteiger partial charge is 0.356 e. The lowest BCUT2D eigenvalue weighted by Crippen LogP contribution is -2.50. The first-order valence-corrected chi connectivity index (χ1v) is 6.60. The Bertz CT molecular complexity index is 383. The van der Waals surface area contributed by atoms with Crippen LogP contribution in [0.15, 0.2) is 12.3 Å². The Hall–Kier alpha value is -0.270. The molecule has 2 unspecified atom stereocenters. The molecule has 1 aromatic rings. The molecule has 6 heteroatoms. The van der Waals surface area contributed by atoms with E-state index in [-0.39, 0.29) is 24.4 Å². The van der Waals surface area contributed by atoms with Crippen molar-refractivity contribution in [3.05, 3.63) is 21.5 Å². The van der Waals surface area contributed by atoms with Crippen molar-refractivity contribution in [1.29, 1.82) is 0 Å². The minimum atomic E-state index is -0.0107. The predicted octanol–water partition coefficient (Wildman–Crippen LogP) is 1.77. The van der Waals surface area contributed by atoms with Gasteiger partial charge in [-0.25, -0.2) is 0 Å². The maximum absolute atomic E-state index is 11.9. The summed E-state index contributed by atoms with van der Waals surface area (Å²) in [5, 5.41) is 6.36. The van der Waals surface area contributed by atoms with Crippen LogP contribution in [0.1, 0.15) is 23.8 Å². The van der Waals surface area contributed by atoms with Crippen molar-refractivity contribution in [3.8, 4) is 0 Å². The Morgan fingerprint density at radius 2 is 2.35 bits per heavy atom. The van der Waals surface area contributed by atoms with E-state index in [1.807, 2.05) is 12.3 Å². The van der Waals surface area contributed by atoms with Gasteiger partial charge in [0.05, 0.1) is 0 Å². The van der Waals surface area contributed by atoms with E-state index in [0.29, 0.717) is 11.6 Å². The molecule has 17 heavy (non-hydrogen) atoms. The zero-order valence-electron chi connectivity index (χ0n) is 9.63. The van der Waals surface area contributed by atoms with Crippen LogP contribution in [0.2, 0.25) is 0 Å². The molecule has 3 N–H and O–H groups in total. The topological polar surface area (TPSA) is 56.9 Å². The van der Waals surface area contributed by atoms with E-state index in [9.17, 15) is 4.79 Å². The monoisotopic (exact) mass is 369 g/mol. The van der Waals surface area contributed by atoms with Crippen LogP contribution in [0.5, 0.6) is 0 Å². The van der Waals surface area contributed by atoms with Gasteiger partial charge in [-0.3, -0.25) is 4.79 Å². The standard InChI is InChI=1S/C11H16IN3O.ClH/c1-7-2-3-13-6-10(7)15-11(16)9-4-8(12)5-14-9;/h4-5,7,10,13-14H,2-3,6H2,1H3,(H,15,16);1H. The van der Waals surface area contributed by atoms with E-state index in [1.54, 1.807) is 0 Å². The highest BCUT2D eigenvalue weighted by molar-refractivity contribution is 14.1. The highest BCUT2D eigenvalue weighted by atomic mass is 127. The molecule has 0 radical (unpaired) electrons. The quantitative estimate of drug-likeness (QED) is 0.696. The van der Waals surface area contributed by atoms with Gasteiger partial charge in [0.25, 0.3) is 5.91 Å². The second-order valence-electron chi connectivity index (χ2n) is 4.28. The molecule has 1 saturated heterocycles. The number of hydrogen-bond donors (Lipinski definition) is 3. The van der Waals surface area contributed by atoms with Gasteiger partial charge in [-0.05, 0) is 47.5 Å². The highest BCUT2D eigenvalue weighted by Gasteiger charge is 2.23. The molecule has 0 spiro atoms. The zero-order chi connectivity index (χ0) is 11.5. The number of carbonyl (C=O) groups excluding carboxylic acids is 1. The number of halogens is 2. The molecule has 96 valence electrons. The van der Waals surface area contributed by atoms with Gasteiger partial charge in [-0.15, -0.1) is 12.4 Å². The van der Waals surface area contributed by atoms with E-state index >= 15 is 0 Å². The molecule has 4 nitrogen and oxygen atoms in total. The Labute approximate surface area is 121 Å². The molecule has 1 aliphatic heterocycles. The average Bonchev–Trinajstić information content (AvgIpc) is 2.68. The summed E-state index contributed by atoms with van der Waals surface area (Å²) in [6.45, 7) is 4.10. The molecule has 1 aromatic heterocycles. The fourth-order valence-corrected chi connectivity index (χ4v) is 2.40. The van der Waals surface area contributed by atoms with Crippen LogP contribution in [0.3, 0.4) is 0 Å². The lowest BCUT2D eigenvalue weighted by molar-refractivity contribution is 0.0911. The summed E-state index contributed by atoms with van der Waals surface area (Å²) in [4.78, 5) is 14.9. The van der Waals surface area contributed by atoms with Crippen LogP contribution >= 0.6 is 35.0 Å².